The predicted molar refractivity (Wildman–Crippen MR) is 138 cm³/mol. The first kappa shape index (κ1) is 27.1. The highest BCUT2D eigenvalue weighted by atomic mass is 16.5. The molecule has 5 nitrogen and oxygen atoms in total. The third-order valence-corrected chi connectivity index (χ3v) is 12.1. The van der Waals surface area contributed by atoms with E-state index in [0.29, 0.717) is 24.7 Å². The molecule has 0 aromatic rings. The number of hydrogen-bond acceptors (Lipinski definition) is 4. The summed E-state index contributed by atoms with van der Waals surface area (Å²) in [6.07, 6.45) is 6.99. The highest BCUT2D eigenvalue weighted by Crippen LogP contribution is 2.74. The third kappa shape index (κ3) is 3.94. The summed E-state index contributed by atoms with van der Waals surface area (Å²) in [5.41, 5.74) is -0.530. The van der Waals surface area contributed by atoms with Gasteiger partial charge in [0.05, 0.1) is 23.4 Å². The van der Waals surface area contributed by atoms with E-state index < -0.39 is 17.7 Å². The molecule has 4 rings (SSSR count). The molecule has 0 aromatic carbocycles. The number of ether oxygens (including phenoxy) is 1. The molecule has 200 valence electrons. The lowest BCUT2D eigenvalue weighted by Crippen LogP contribution is -2.65. The second-order valence-electron chi connectivity index (χ2n) is 14.2. The van der Waals surface area contributed by atoms with Gasteiger partial charge in [0, 0.05) is 11.8 Å². The van der Waals surface area contributed by atoms with Gasteiger partial charge in [-0.2, -0.15) is 0 Å². The summed E-state index contributed by atoms with van der Waals surface area (Å²) in [6, 6.07) is 0. The molecular formula is C30H50O5. The van der Waals surface area contributed by atoms with Crippen LogP contribution in [0.4, 0.5) is 0 Å². The van der Waals surface area contributed by atoms with Crippen molar-refractivity contribution in [1.29, 1.82) is 0 Å². The Morgan fingerprint density at radius 3 is 2.26 bits per heavy atom. The highest BCUT2D eigenvalue weighted by Gasteiger charge is 2.70. The Balaban J connectivity index is 1.69. The van der Waals surface area contributed by atoms with Crippen LogP contribution >= 0.6 is 0 Å². The van der Waals surface area contributed by atoms with Gasteiger partial charge in [0.1, 0.15) is 0 Å². The zero-order valence-corrected chi connectivity index (χ0v) is 23.2. The van der Waals surface area contributed by atoms with Crippen LogP contribution in [0.15, 0.2) is 12.2 Å². The van der Waals surface area contributed by atoms with Gasteiger partial charge in [0.25, 0.3) is 0 Å². The van der Waals surface area contributed by atoms with Crippen LogP contribution in [0, 0.1) is 39.9 Å². The Hall–Kier alpha value is -0.910. The Morgan fingerprint density at radius 2 is 1.71 bits per heavy atom. The van der Waals surface area contributed by atoms with E-state index in [0.717, 1.165) is 44.1 Å². The Bertz CT molecular complexity index is 861. The van der Waals surface area contributed by atoms with Gasteiger partial charge >= 0.3 is 5.97 Å². The minimum Gasteiger partial charge on any atom is -0.481 e. The molecule has 35 heavy (non-hydrogen) atoms. The average molecular weight is 491 g/mol. The standard InChI is InChI=1S/C30H50O5/c1-18(2)21-17-23(31)30(8)22(27(21,5)14-13-25(32)33)10-9-19-20(11-15-28(19,30)6)29(7)16-12-24(35-29)26(3,4)34/h19-24,31,34H,1,9-17H2,2-8H3,(H,32,33)/t19-,20-,21-,22+,23-,24-,27-,28+,29-,30-/m0/s1. The van der Waals surface area contributed by atoms with Gasteiger partial charge in [-0.25, -0.2) is 0 Å². The fourth-order valence-corrected chi connectivity index (χ4v) is 9.98. The van der Waals surface area contributed by atoms with Gasteiger partial charge in [-0.3, -0.25) is 4.79 Å². The number of allylic oxidation sites excluding steroid dienone is 1. The first-order chi connectivity index (χ1) is 16.0. The summed E-state index contributed by atoms with van der Waals surface area (Å²) in [5, 5.41) is 32.0. The van der Waals surface area contributed by atoms with Gasteiger partial charge in [0.15, 0.2) is 0 Å². The van der Waals surface area contributed by atoms with Crippen molar-refractivity contribution in [3.05, 3.63) is 12.2 Å². The molecule has 4 fully saturated rings. The number of fused-ring (bicyclic) bond motifs is 3. The first-order valence-electron chi connectivity index (χ1n) is 14.0. The average Bonchev–Trinajstić information content (AvgIpc) is 3.32. The number of rotatable bonds is 6. The van der Waals surface area contributed by atoms with E-state index in [1.54, 1.807) is 0 Å². The number of aliphatic hydroxyl groups is 2. The molecule has 0 bridgehead atoms. The smallest absolute Gasteiger partial charge is 0.303 e. The van der Waals surface area contributed by atoms with Gasteiger partial charge < -0.3 is 20.1 Å². The van der Waals surface area contributed by atoms with E-state index in [2.05, 4.69) is 41.2 Å². The topological polar surface area (TPSA) is 87.0 Å². The molecule has 3 saturated carbocycles. The zero-order chi connectivity index (χ0) is 26.2. The molecule has 0 radical (unpaired) electrons. The van der Waals surface area contributed by atoms with E-state index in [9.17, 15) is 20.1 Å². The van der Waals surface area contributed by atoms with Gasteiger partial charge in [-0.1, -0.05) is 32.9 Å². The van der Waals surface area contributed by atoms with Crippen molar-refractivity contribution in [2.45, 2.75) is 130 Å². The normalized spacial score (nSPS) is 50.0. The fraction of sp³-hybridized carbons (Fsp3) is 0.900. The molecule has 0 unspecified atom stereocenters. The number of aliphatic carboxylic acids is 1. The maximum absolute atomic E-state index is 11.8. The fourth-order valence-electron chi connectivity index (χ4n) is 9.98. The van der Waals surface area contributed by atoms with Crippen LogP contribution in [-0.4, -0.2) is 44.7 Å². The molecule has 4 aliphatic rings. The first-order valence-corrected chi connectivity index (χ1v) is 14.0. The third-order valence-electron chi connectivity index (χ3n) is 12.1. The molecule has 1 aliphatic heterocycles. The molecule has 3 aliphatic carbocycles. The van der Waals surface area contributed by atoms with Crippen LogP contribution in [0.5, 0.6) is 0 Å². The molecular weight excluding hydrogens is 440 g/mol. The van der Waals surface area contributed by atoms with E-state index in [1.165, 1.54) is 0 Å². The lowest BCUT2D eigenvalue weighted by molar-refractivity contribution is -0.231. The van der Waals surface area contributed by atoms with Crippen LogP contribution in [0.25, 0.3) is 0 Å². The number of carboxylic acid groups (broad SMARTS) is 1. The van der Waals surface area contributed by atoms with E-state index in [4.69, 9.17) is 4.74 Å². The van der Waals surface area contributed by atoms with Gasteiger partial charge in [-0.05, 0) is 114 Å². The Kier molecular flexibility index (Phi) is 6.64. The van der Waals surface area contributed by atoms with Crippen LogP contribution in [0.3, 0.4) is 0 Å². The van der Waals surface area contributed by atoms with Crippen LogP contribution in [0.1, 0.15) is 106 Å². The lowest BCUT2D eigenvalue weighted by Gasteiger charge is -2.68. The minimum atomic E-state index is -0.841. The molecule has 0 spiro atoms. The molecule has 5 heteroatoms. The second-order valence-corrected chi connectivity index (χ2v) is 14.2. The van der Waals surface area contributed by atoms with Crippen molar-refractivity contribution in [2.24, 2.45) is 39.9 Å². The molecule has 3 N–H and O–H groups in total. The highest BCUT2D eigenvalue weighted by molar-refractivity contribution is 5.66. The summed E-state index contributed by atoms with van der Waals surface area (Å²) >= 11 is 0. The second kappa shape index (κ2) is 8.56. The number of aliphatic hydroxyl groups excluding tert-OH is 1. The van der Waals surface area contributed by atoms with Crippen LogP contribution in [0.2, 0.25) is 0 Å². The maximum Gasteiger partial charge on any atom is 0.303 e. The van der Waals surface area contributed by atoms with Crippen LogP contribution < -0.4 is 0 Å². The van der Waals surface area contributed by atoms with Crippen molar-refractivity contribution in [3.63, 3.8) is 0 Å². The summed E-state index contributed by atoms with van der Waals surface area (Å²) in [6.45, 7) is 19.3. The number of hydrogen-bond donors (Lipinski definition) is 3. The van der Waals surface area contributed by atoms with Crippen molar-refractivity contribution in [3.8, 4) is 0 Å². The molecule has 1 saturated heterocycles. The van der Waals surface area contributed by atoms with Crippen molar-refractivity contribution in [1.82, 2.24) is 0 Å². The van der Waals surface area contributed by atoms with E-state index in [1.807, 2.05) is 13.8 Å². The lowest BCUT2D eigenvalue weighted by atomic mass is 9.37. The summed E-state index contributed by atoms with van der Waals surface area (Å²) in [5.74, 6) is 0.507. The number of carbonyl (C=O) groups is 1. The molecule has 0 aromatic heterocycles. The van der Waals surface area contributed by atoms with Crippen LogP contribution in [-0.2, 0) is 9.53 Å². The SMILES string of the molecule is C=C(C)[C@@H]1C[C@H](O)[C@]2(C)[C@H](CC[C@H]3[C@@H]([C@]4(C)CC[C@@H](C(C)(C)O)O4)CC[C@]32C)[C@@]1(C)CCC(=O)O. The molecule has 10 atom stereocenters. The zero-order valence-electron chi connectivity index (χ0n) is 23.2. The van der Waals surface area contributed by atoms with Crippen molar-refractivity contribution < 1.29 is 24.9 Å². The molecule has 1 heterocycles. The Morgan fingerprint density at radius 1 is 1.06 bits per heavy atom. The quantitative estimate of drug-likeness (QED) is 0.399. The maximum atomic E-state index is 11.8. The monoisotopic (exact) mass is 490 g/mol. The van der Waals surface area contributed by atoms with Crippen molar-refractivity contribution in [2.75, 3.05) is 0 Å². The Labute approximate surface area is 212 Å². The van der Waals surface area contributed by atoms with E-state index in [-0.39, 0.29) is 46.2 Å². The number of carboxylic acids is 1. The van der Waals surface area contributed by atoms with Crippen molar-refractivity contribution >= 4 is 5.97 Å². The summed E-state index contributed by atoms with van der Waals surface area (Å²) in [4.78, 5) is 11.6. The van der Waals surface area contributed by atoms with Gasteiger partial charge in [-0.15, -0.1) is 0 Å². The van der Waals surface area contributed by atoms with E-state index >= 15 is 0 Å². The largest absolute Gasteiger partial charge is 0.481 e. The summed E-state index contributed by atoms with van der Waals surface area (Å²) < 4.78 is 6.65. The summed E-state index contributed by atoms with van der Waals surface area (Å²) in [7, 11) is 0. The predicted octanol–water partition coefficient (Wildman–Crippen LogP) is 5.97. The van der Waals surface area contributed by atoms with Gasteiger partial charge in [0.2, 0.25) is 0 Å². The molecule has 0 amide bonds. The minimum absolute atomic E-state index is 0.0380.